The fourth-order valence-electron chi connectivity index (χ4n) is 3.21. The number of unbranched alkanes of at least 4 members (excludes halogenated alkanes) is 1. The number of hydrogen-bond acceptors (Lipinski definition) is 3. The van der Waals surface area contributed by atoms with Crippen LogP contribution in [0.2, 0.25) is 0 Å². The van der Waals surface area contributed by atoms with E-state index in [2.05, 4.69) is 22.9 Å². The quantitative estimate of drug-likeness (QED) is 0.742. The van der Waals surface area contributed by atoms with Crippen LogP contribution in [0.3, 0.4) is 0 Å². The van der Waals surface area contributed by atoms with E-state index in [0.717, 1.165) is 17.3 Å². The van der Waals surface area contributed by atoms with Crippen molar-refractivity contribution in [2.45, 2.75) is 31.8 Å². The lowest BCUT2D eigenvalue weighted by molar-refractivity contribution is -0.135. The van der Waals surface area contributed by atoms with Crippen LogP contribution in [0.15, 0.2) is 53.0 Å². The van der Waals surface area contributed by atoms with Crippen molar-refractivity contribution >= 4 is 33.3 Å². The van der Waals surface area contributed by atoms with Gasteiger partial charge in [-0.25, -0.2) is 0 Å². The van der Waals surface area contributed by atoms with Gasteiger partial charge in [-0.2, -0.15) is 0 Å². The van der Waals surface area contributed by atoms with Crippen LogP contribution < -0.4 is 4.90 Å². The number of aliphatic hydroxyl groups is 1. The van der Waals surface area contributed by atoms with Crippen molar-refractivity contribution in [1.29, 1.82) is 0 Å². The second-order valence-corrected chi connectivity index (χ2v) is 7.21. The lowest BCUT2D eigenvalue weighted by Crippen LogP contribution is -2.42. The van der Waals surface area contributed by atoms with Crippen LogP contribution in [-0.2, 0) is 10.4 Å². The molecule has 0 fully saturated rings. The average Bonchev–Trinajstić information content (AvgIpc) is 2.81. The normalized spacial score (nSPS) is 19.2. The SMILES string of the molecule is CCCCN1C(=O)C(O)(CC(=O)c2cccc(Br)c2)c2ccccc21. The molecule has 0 spiro atoms. The van der Waals surface area contributed by atoms with Crippen LogP contribution in [0.5, 0.6) is 0 Å². The highest BCUT2D eigenvalue weighted by Gasteiger charge is 2.50. The molecule has 1 atom stereocenters. The van der Waals surface area contributed by atoms with Gasteiger partial charge < -0.3 is 10.0 Å². The Kier molecular flexibility index (Phi) is 5.06. The van der Waals surface area contributed by atoms with Crippen molar-refractivity contribution in [3.63, 3.8) is 0 Å². The summed E-state index contributed by atoms with van der Waals surface area (Å²) < 4.78 is 0.785. The van der Waals surface area contributed by atoms with Crippen molar-refractivity contribution < 1.29 is 14.7 Å². The second kappa shape index (κ2) is 7.10. The number of fused-ring (bicyclic) bond motifs is 1. The number of nitrogens with zero attached hydrogens (tertiary/aromatic N) is 1. The van der Waals surface area contributed by atoms with Crippen LogP contribution in [0.1, 0.15) is 42.1 Å². The number of benzene rings is 2. The standard InChI is InChI=1S/C20H20BrNO3/c1-2-3-11-22-17-10-5-4-9-16(17)20(25,19(22)24)13-18(23)14-7-6-8-15(21)12-14/h4-10,12,25H,2-3,11,13H2,1H3. The second-order valence-electron chi connectivity index (χ2n) is 6.30. The van der Waals surface area contributed by atoms with Crippen molar-refractivity contribution in [3.8, 4) is 0 Å². The first-order chi connectivity index (χ1) is 12.0. The molecule has 4 nitrogen and oxygen atoms in total. The van der Waals surface area contributed by atoms with Gasteiger partial charge in [0.05, 0.1) is 12.1 Å². The Labute approximate surface area is 155 Å². The number of para-hydroxylation sites is 1. The van der Waals surface area contributed by atoms with Gasteiger partial charge >= 0.3 is 0 Å². The molecule has 130 valence electrons. The Morgan fingerprint density at radius 3 is 2.68 bits per heavy atom. The Morgan fingerprint density at radius 1 is 1.20 bits per heavy atom. The zero-order valence-corrected chi connectivity index (χ0v) is 15.6. The van der Waals surface area contributed by atoms with E-state index in [0.29, 0.717) is 23.4 Å². The Balaban J connectivity index is 1.94. The van der Waals surface area contributed by atoms with Gasteiger partial charge in [0.25, 0.3) is 5.91 Å². The number of carbonyl (C=O) groups excluding carboxylic acids is 2. The maximum Gasteiger partial charge on any atom is 0.264 e. The van der Waals surface area contributed by atoms with Gasteiger partial charge in [-0.15, -0.1) is 0 Å². The predicted molar refractivity (Wildman–Crippen MR) is 101 cm³/mol. The topological polar surface area (TPSA) is 57.6 Å². The number of hydrogen-bond donors (Lipinski definition) is 1. The van der Waals surface area contributed by atoms with Crippen molar-refractivity contribution in [1.82, 2.24) is 0 Å². The lowest BCUT2D eigenvalue weighted by Gasteiger charge is -2.22. The Morgan fingerprint density at radius 2 is 1.96 bits per heavy atom. The molecule has 2 aromatic rings. The maximum atomic E-state index is 12.9. The number of Topliss-reactive ketones (excluding diaryl/α,β-unsaturated/α-hetero) is 1. The fraction of sp³-hybridized carbons (Fsp3) is 0.300. The summed E-state index contributed by atoms with van der Waals surface area (Å²) in [5, 5.41) is 11.2. The third kappa shape index (κ3) is 3.26. The van der Waals surface area contributed by atoms with E-state index in [-0.39, 0.29) is 12.2 Å². The number of halogens is 1. The van der Waals surface area contributed by atoms with E-state index >= 15 is 0 Å². The van der Waals surface area contributed by atoms with E-state index in [1.807, 2.05) is 18.2 Å². The molecule has 25 heavy (non-hydrogen) atoms. The number of carbonyl (C=O) groups is 2. The van der Waals surface area contributed by atoms with Gasteiger partial charge in [0.2, 0.25) is 0 Å². The monoisotopic (exact) mass is 401 g/mol. The van der Waals surface area contributed by atoms with Gasteiger partial charge in [-0.05, 0) is 24.6 Å². The van der Waals surface area contributed by atoms with E-state index in [4.69, 9.17) is 0 Å². The third-order valence-corrected chi connectivity index (χ3v) is 5.03. The van der Waals surface area contributed by atoms with Gasteiger partial charge in [0.15, 0.2) is 11.4 Å². The number of ketones is 1. The molecule has 3 rings (SSSR count). The molecule has 0 saturated carbocycles. The molecule has 0 bridgehead atoms. The molecular weight excluding hydrogens is 382 g/mol. The van der Waals surface area contributed by atoms with Crippen LogP contribution in [0.25, 0.3) is 0 Å². The maximum absolute atomic E-state index is 12.9. The molecule has 1 aliphatic heterocycles. The Bertz CT molecular complexity index is 820. The molecule has 1 aliphatic rings. The van der Waals surface area contributed by atoms with Gasteiger partial charge in [-0.1, -0.05) is 59.6 Å². The molecule has 0 saturated heterocycles. The summed E-state index contributed by atoms with van der Waals surface area (Å²) in [4.78, 5) is 27.2. The number of anilines is 1. The number of rotatable bonds is 6. The van der Waals surface area contributed by atoms with E-state index in [1.54, 1.807) is 35.2 Å². The molecule has 0 aromatic heterocycles. The highest BCUT2D eigenvalue weighted by Crippen LogP contribution is 2.43. The van der Waals surface area contributed by atoms with Crippen molar-refractivity contribution in [2.75, 3.05) is 11.4 Å². The average molecular weight is 402 g/mol. The summed E-state index contributed by atoms with van der Waals surface area (Å²) in [7, 11) is 0. The minimum Gasteiger partial charge on any atom is -0.375 e. The van der Waals surface area contributed by atoms with Crippen molar-refractivity contribution in [2.24, 2.45) is 0 Å². The molecular formula is C20H20BrNO3. The summed E-state index contributed by atoms with van der Waals surface area (Å²) in [5.41, 5.74) is -0.117. The van der Waals surface area contributed by atoms with E-state index in [9.17, 15) is 14.7 Å². The molecule has 1 heterocycles. The highest BCUT2D eigenvalue weighted by atomic mass is 79.9. The zero-order valence-electron chi connectivity index (χ0n) is 14.0. The molecule has 2 aromatic carbocycles. The van der Waals surface area contributed by atoms with Crippen molar-refractivity contribution in [3.05, 3.63) is 64.1 Å². The summed E-state index contributed by atoms with van der Waals surface area (Å²) in [6, 6.07) is 14.2. The molecule has 1 amide bonds. The molecule has 0 radical (unpaired) electrons. The smallest absolute Gasteiger partial charge is 0.264 e. The van der Waals surface area contributed by atoms with Gasteiger partial charge in [-0.3, -0.25) is 9.59 Å². The number of amides is 1. The predicted octanol–water partition coefficient (Wildman–Crippen LogP) is 4.06. The summed E-state index contributed by atoms with van der Waals surface area (Å²) in [5.74, 6) is -0.671. The van der Waals surface area contributed by atoms with E-state index < -0.39 is 11.5 Å². The molecule has 0 aliphatic carbocycles. The highest BCUT2D eigenvalue weighted by molar-refractivity contribution is 9.10. The fourth-order valence-corrected chi connectivity index (χ4v) is 3.61. The molecule has 1 unspecified atom stereocenters. The third-order valence-electron chi connectivity index (χ3n) is 4.54. The zero-order chi connectivity index (χ0) is 18.0. The first-order valence-electron chi connectivity index (χ1n) is 8.40. The first-order valence-corrected chi connectivity index (χ1v) is 9.19. The summed E-state index contributed by atoms with van der Waals surface area (Å²) in [6.45, 7) is 2.59. The minimum atomic E-state index is -1.80. The summed E-state index contributed by atoms with van der Waals surface area (Å²) in [6.07, 6.45) is 1.53. The van der Waals surface area contributed by atoms with Gasteiger partial charge in [0, 0.05) is 22.1 Å². The van der Waals surface area contributed by atoms with Crippen LogP contribution in [0.4, 0.5) is 5.69 Å². The van der Waals surface area contributed by atoms with E-state index in [1.165, 1.54) is 0 Å². The molecule has 1 N–H and O–H groups in total. The largest absolute Gasteiger partial charge is 0.375 e. The molecule has 5 heteroatoms. The van der Waals surface area contributed by atoms with Crippen LogP contribution in [-0.4, -0.2) is 23.3 Å². The van der Waals surface area contributed by atoms with Crippen LogP contribution >= 0.6 is 15.9 Å². The minimum absolute atomic E-state index is 0.260. The lowest BCUT2D eigenvalue weighted by atomic mass is 9.88. The Hall–Kier alpha value is -1.98. The first kappa shape index (κ1) is 17.8. The summed E-state index contributed by atoms with van der Waals surface area (Å²) >= 11 is 3.34. The van der Waals surface area contributed by atoms with Crippen LogP contribution in [0, 0.1) is 0 Å². The van der Waals surface area contributed by atoms with Gasteiger partial charge in [0.1, 0.15) is 0 Å².